The van der Waals surface area contributed by atoms with Gasteiger partial charge in [-0.3, -0.25) is 9.59 Å². The number of benzene rings is 3. The molecule has 3 atom stereocenters. The number of hydrogen-bond donors (Lipinski definition) is 0. The second kappa shape index (κ2) is 12.4. The third-order valence-corrected chi connectivity index (χ3v) is 7.32. The Balaban J connectivity index is 1.46. The van der Waals surface area contributed by atoms with Gasteiger partial charge in [0, 0.05) is 11.5 Å². The molecule has 0 bridgehead atoms. The first-order valence-electron chi connectivity index (χ1n) is 13.3. The van der Waals surface area contributed by atoms with Gasteiger partial charge in [-0.25, -0.2) is 0 Å². The van der Waals surface area contributed by atoms with Crippen LogP contribution in [0.2, 0.25) is 0 Å². The molecule has 208 valence electrons. The number of carbonyl (C=O) groups excluding carboxylic acids is 2. The van der Waals surface area contributed by atoms with Crippen LogP contribution in [0.1, 0.15) is 29.2 Å². The summed E-state index contributed by atoms with van der Waals surface area (Å²) in [5, 5.41) is 3.79. The van der Waals surface area contributed by atoms with Gasteiger partial charge in [0.1, 0.15) is 24.7 Å². The van der Waals surface area contributed by atoms with E-state index < -0.39 is 23.5 Å². The Labute approximate surface area is 238 Å². The molecule has 0 spiro atoms. The lowest BCUT2D eigenvalue weighted by molar-refractivity contribution is -0.159. The quantitative estimate of drug-likeness (QED) is 0.0943. The summed E-state index contributed by atoms with van der Waals surface area (Å²) in [6.07, 6.45) is 7.65. The molecule has 1 fully saturated rings. The summed E-state index contributed by atoms with van der Waals surface area (Å²) in [6, 6.07) is 23.5. The zero-order chi connectivity index (χ0) is 28.7. The first kappa shape index (κ1) is 27.6. The fourth-order valence-electron chi connectivity index (χ4n) is 5.15. The first-order valence-corrected chi connectivity index (χ1v) is 13.3. The highest BCUT2D eigenvalue weighted by atomic mass is 16.5. The molecule has 41 heavy (non-hydrogen) atoms. The molecule has 1 saturated heterocycles. The minimum Gasteiger partial charge on any atom is -0.485 e. The minimum atomic E-state index is -1.04. The number of likely N-dealkylation sites (tertiary alicyclic amines) is 1. The summed E-state index contributed by atoms with van der Waals surface area (Å²) < 4.78 is 17.5. The van der Waals surface area contributed by atoms with E-state index in [1.165, 1.54) is 7.11 Å². The van der Waals surface area contributed by atoms with Crippen molar-refractivity contribution in [1.29, 1.82) is 0 Å². The Morgan fingerprint density at radius 3 is 2.22 bits per heavy atom. The molecule has 9 heteroatoms. The van der Waals surface area contributed by atoms with Crippen LogP contribution in [0.15, 0.2) is 108 Å². The molecule has 0 aromatic heterocycles. The Kier molecular flexibility index (Phi) is 8.36. The largest absolute Gasteiger partial charge is 0.485 e. The van der Waals surface area contributed by atoms with Gasteiger partial charge in [-0.15, -0.1) is 0 Å². The Morgan fingerprint density at radius 1 is 0.976 bits per heavy atom. The highest BCUT2D eigenvalue weighted by Gasteiger charge is 2.52. The van der Waals surface area contributed by atoms with Crippen LogP contribution in [0, 0.1) is 5.41 Å². The number of methoxy groups -OCH3 is 1. The van der Waals surface area contributed by atoms with Gasteiger partial charge in [-0.2, -0.15) is 0 Å². The lowest BCUT2D eigenvalue weighted by atomic mass is 9.78. The Bertz CT molecular complexity index is 1500. The van der Waals surface area contributed by atoms with Crippen molar-refractivity contribution in [3.05, 3.63) is 130 Å². The van der Waals surface area contributed by atoms with Gasteiger partial charge in [-0.1, -0.05) is 96.1 Å². The highest BCUT2D eigenvalue weighted by Crippen LogP contribution is 2.44. The summed E-state index contributed by atoms with van der Waals surface area (Å²) in [6.45, 7) is 0.731. The summed E-state index contributed by atoms with van der Waals surface area (Å²) in [7, 11) is 1.33. The molecule has 0 N–H and O–H groups in total. The molecule has 1 heterocycles. The van der Waals surface area contributed by atoms with Gasteiger partial charge < -0.3 is 19.1 Å². The smallest absolute Gasteiger partial charge is 0.317 e. The van der Waals surface area contributed by atoms with E-state index in [2.05, 4.69) is 10.0 Å². The van der Waals surface area contributed by atoms with E-state index >= 15 is 0 Å². The Morgan fingerprint density at radius 2 is 1.63 bits per heavy atom. The molecule has 0 radical (unpaired) electrons. The number of carbonyl (C=O) groups is 2. The van der Waals surface area contributed by atoms with E-state index in [1.807, 2.05) is 84.9 Å². The number of ether oxygens (including phenoxy) is 3. The predicted octanol–water partition coefficient (Wildman–Crippen LogP) is 6.08. The van der Waals surface area contributed by atoms with Gasteiger partial charge in [0.25, 0.3) is 0 Å². The van der Waals surface area contributed by atoms with Crippen molar-refractivity contribution >= 4 is 11.9 Å². The third kappa shape index (κ3) is 5.95. The number of azide groups is 1. The third-order valence-electron chi connectivity index (χ3n) is 7.32. The summed E-state index contributed by atoms with van der Waals surface area (Å²) >= 11 is 0. The molecule has 3 unspecified atom stereocenters. The fourth-order valence-corrected chi connectivity index (χ4v) is 5.15. The maximum Gasteiger partial charge on any atom is 0.317 e. The van der Waals surface area contributed by atoms with E-state index in [0.717, 1.165) is 11.1 Å². The van der Waals surface area contributed by atoms with E-state index in [1.54, 1.807) is 23.1 Å². The maximum atomic E-state index is 13.2. The molecule has 1 aliphatic carbocycles. The molecule has 3 aromatic rings. The fraction of sp³-hybridized carbons (Fsp3) is 0.250. The van der Waals surface area contributed by atoms with Crippen LogP contribution in [-0.4, -0.2) is 36.5 Å². The molecule has 5 rings (SSSR count). The van der Waals surface area contributed by atoms with Crippen LogP contribution in [0.3, 0.4) is 0 Å². The molecule has 2 aliphatic rings. The average Bonchev–Trinajstić information content (AvgIpc) is 3.03. The monoisotopic (exact) mass is 550 g/mol. The second-order valence-corrected chi connectivity index (χ2v) is 9.95. The molecular weight excluding hydrogens is 520 g/mol. The molecule has 0 saturated carbocycles. The van der Waals surface area contributed by atoms with Crippen molar-refractivity contribution in [3.63, 3.8) is 0 Å². The van der Waals surface area contributed by atoms with E-state index in [-0.39, 0.29) is 12.5 Å². The maximum absolute atomic E-state index is 13.2. The predicted molar refractivity (Wildman–Crippen MR) is 153 cm³/mol. The van der Waals surface area contributed by atoms with E-state index in [0.29, 0.717) is 36.7 Å². The van der Waals surface area contributed by atoms with Gasteiger partial charge in [0.05, 0.1) is 13.2 Å². The number of nitrogens with zero attached hydrogens (tertiary/aromatic N) is 4. The number of β-lactam (4-membered cyclic amide) rings is 1. The average molecular weight is 551 g/mol. The standard InChI is InChI=1S/C32H30N4O5/c1-39-31(38)32(17-9-4-10-18-32)22-36-29(28(30(36)37)34-35-33)25-15-16-26(40-20-23-11-5-2-6-12-23)27(19-25)41-21-24-13-7-3-8-14-24/h2-17,19,28-29H,18,20-22H2,1H3. The van der Waals surface area contributed by atoms with Crippen LogP contribution in [-0.2, 0) is 27.5 Å². The summed E-state index contributed by atoms with van der Waals surface area (Å²) in [5.74, 6) is 0.241. The van der Waals surface area contributed by atoms with Gasteiger partial charge >= 0.3 is 5.97 Å². The summed E-state index contributed by atoms with van der Waals surface area (Å²) in [4.78, 5) is 30.5. The topological polar surface area (TPSA) is 114 Å². The van der Waals surface area contributed by atoms with E-state index in [9.17, 15) is 15.1 Å². The minimum absolute atomic E-state index is 0.0773. The molecular formula is C32H30N4O5. The van der Waals surface area contributed by atoms with Crippen LogP contribution in [0.25, 0.3) is 10.4 Å². The SMILES string of the molecule is COC(=O)C1(CN2C(=O)C(N=[N+]=[N-])C2c2ccc(OCc3ccccc3)c(OCc3ccccc3)c2)C=CC=CC1. The molecule has 1 aliphatic heterocycles. The lowest BCUT2D eigenvalue weighted by Crippen LogP contribution is -2.61. The highest BCUT2D eigenvalue weighted by molar-refractivity contribution is 5.91. The number of esters is 1. The van der Waals surface area contributed by atoms with E-state index in [4.69, 9.17) is 14.2 Å². The van der Waals surface area contributed by atoms with Crippen molar-refractivity contribution in [1.82, 2.24) is 4.90 Å². The number of rotatable bonds is 11. The van der Waals surface area contributed by atoms with Crippen molar-refractivity contribution < 1.29 is 23.8 Å². The zero-order valence-electron chi connectivity index (χ0n) is 22.6. The molecule has 9 nitrogen and oxygen atoms in total. The van der Waals surface area contributed by atoms with Crippen molar-refractivity contribution in [3.8, 4) is 11.5 Å². The molecule has 3 aromatic carbocycles. The van der Waals surface area contributed by atoms with Gasteiger partial charge in [-0.05, 0) is 40.8 Å². The van der Waals surface area contributed by atoms with Crippen LogP contribution in [0.5, 0.6) is 11.5 Å². The Hall–Kier alpha value is -5.01. The van der Waals surface area contributed by atoms with Crippen LogP contribution < -0.4 is 9.47 Å². The van der Waals surface area contributed by atoms with Crippen molar-refractivity contribution in [2.75, 3.05) is 13.7 Å². The van der Waals surface area contributed by atoms with Crippen LogP contribution in [0.4, 0.5) is 0 Å². The second-order valence-electron chi connectivity index (χ2n) is 9.95. The van der Waals surface area contributed by atoms with Crippen LogP contribution >= 0.6 is 0 Å². The number of amides is 1. The normalized spacial score (nSPS) is 21.0. The lowest BCUT2D eigenvalue weighted by Gasteiger charge is -2.48. The zero-order valence-corrected chi connectivity index (χ0v) is 22.6. The number of allylic oxidation sites excluding steroid dienone is 3. The van der Waals surface area contributed by atoms with Gasteiger partial charge in [0.15, 0.2) is 11.5 Å². The van der Waals surface area contributed by atoms with Crippen molar-refractivity contribution in [2.45, 2.75) is 31.7 Å². The first-order chi connectivity index (χ1) is 20.0. The number of hydrogen-bond acceptors (Lipinski definition) is 6. The summed E-state index contributed by atoms with van der Waals surface area (Å²) in [5.41, 5.74) is 10.9. The van der Waals surface area contributed by atoms with Crippen molar-refractivity contribution in [2.24, 2.45) is 10.5 Å². The molecule has 1 amide bonds. The van der Waals surface area contributed by atoms with Gasteiger partial charge in [0.2, 0.25) is 5.91 Å².